The first-order valence-electron chi connectivity index (χ1n) is 7.54. The molecule has 0 radical (unpaired) electrons. The van der Waals surface area contributed by atoms with E-state index < -0.39 is 0 Å². The molecular weight excluding hydrogens is 264 g/mol. The quantitative estimate of drug-likeness (QED) is 0.913. The highest BCUT2D eigenvalue weighted by Gasteiger charge is 2.14. The van der Waals surface area contributed by atoms with Crippen LogP contribution >= 0.6 is 0 Å². The van der Waals surface area contributed by atoms with Crippen molar-refractivity contribution in [3.05, 3.63) is 36.3 Å². The molecule has 1 aliphatic heterocycles. The Morgan fingerprint density at radius 2 is 2.24 bits per heavy atom. The Balaban J connectivity index is 1.62. The van der Waals surface area contributed by atoms with Crippen molar-refractivity contribution < 1.29 is 4.74 Å². The minimum absolute atomic E-state index is 0.639. The molecule has 0 unspecified atom stereocenters. The molecule has 21 heavy (non-hydrogen) atoms. The molecule has 1 aliphatic rings. The first kappa shape index (κ1) is 14.2. The topological polar surface area (TPSA) is 52.0 Å². The number of pyridine rings is 1. The maximum Gasteiger partial charge on any atom is 0.0969 e. The van der Waals surface area contributed by atoms with E-state index in [1.807, 2.05) is 23.9 Å². The summed E-state index contributed by atoms with van der Waals surface area (Å²) in [6.45, 7) is 3.65. The lowest BCUT2D eigenvalue weighted by Gasteiger charge is -2.22. The van der Waals surface area contributed by atoms with Crippen molar-refractivity contribution in [2.24, 2.45) is 13.0 Å². The van der Waals surface area contributed by atoms with Gasteiger partial charge in [0.25, 0.3) is 0 Å². The summed E-state index contributed by atoms with van der Waals surface area (Å²) in [7, 11) is 1.96. The van der Waals surface area contributed by atoms with Crippen LogP contribution in [0.3, 0.4) is 0 Å². The zero-order chi connectivity index (χ0) is 14.5. The summed E-state index contributed by atoms with van der Waals surface area (Å²) in [4.78, 5) is 4.07. The Morgan fingerprint density at radius 1 is 1.38 bits per heavy atom. The lowest BCUT2D eigenvalue weighted by atomic mass is 10.0. The van der Waals surface area contributed by atoms with Crippen LogP contribution in [-0.4, -0.2) is 34.5 Å². The zero-order valence-electron chi connectivity index (χ0n) is 12.5. The second-order valence-corrected chi connectivity index (χ2v) is 5.63. The van der Waals surface area contributed by atoms with Gasteiger partial charge in [-0.15, -0.1) is 0 Å². The van der Waals surface area contributed by atoms with E-state index in [0.717, 1.165) is 37.6 Å². The molecule has 1 N–H and O–H groups in total. The van der Waals surface area contributed by atoms with Gasteiger partial charge < -0.3 is 10.1 Å². The molecule has 1 fully saturated rings. The van der Waals surface area contributed by atoms with E-state index in [0.29, 0.717) is 5.92 Å². The van der Waals surface area contributed by atoms with Gasteiger partial charge in [-0.3, -0.25) is 9.67 Å². The Bertz CT molecular complexity index is 561. The maximum absolute atomic E-state index is 5.52. The number of hydrogen-bond acceptors (Lipinski definition) is 4. The third-order valence-corrected chi connectivity index (χ3v) is 3.86. The fraction of sp³-hybridized carbons (Fsp3) is 0.500. The van der Waals surface area contributed by atoms with Crippen molar-refractivity contribution in [3.63, 3.8) is 0 Å². The molecule has 0 bridgehead atoms. The number of aryl methyl sites for hydroxylation is 1. The number of rotatable bonds is 5. The molecule has 0 aliphatic carbocycles. The highest BCUT2D eigenvalue weighted by atomic mass is 16.5. The fourth-order valence-electron chi connectivity index (χ4n) is 2.80. The van der Waals surface area contributed by atoms with Crippen LogP contribution in [0, 0.1) is 5.92 Å². The molecule has 0 saturated carbocycles. The van der Waals surface area contributed by atoms with Gasteiger partial charge in [-0.2, -0.15) is 5.10 Å². The molecule has 5 heteroatoms. The van der Waals surface area contributed by atoms with Crippen LogP contribution in [0.15, 0.2) is 30.7 Å². The zero-order valence-corrected chi connectivity index (χ0v) is 12.5. The maximum atomic E-state index is 5.52. The molecule has 1 atom stereocenters. The van der Waals surface area contributed by atoms with E-state index in [-0.39, 0.29) is 0 Å². The molecule has 0 spiro atoms. The third kappa shape index (κ3) is 3.68. The SMILES string of the molecule is Cn1cc(CNC[C@H]2CCCOC2)c(-c2ccncc2)n1. The molecule has 0 amide bonds. The van der Waals surface area contributed by atoms with Crippen LogP contribution in [0.5, 0.6) is 0 Å². The number of hydrogen-bond donors (Lipinski definition) is 1. The average molecular weight is 286 g/mol. The van der Waals surface area contributed by atoms with Crippen LogP contribution < -0.4 is 5.32 Å². The van der Waals surface area contributed by atoms with Gasteiger partial charge in [-0.05, 0) is 30.9 Å². The van der Waals surface area contributed by atoms with Crippen LogP contribution in [0.1, 0.15) is 18.4 Å². The van der Waals surface area contributed by atoms with Crippen molar-refractivity contribution in [3.8, 4) is 11.3 Å². The smallest absolute Gasteiger partial charge is 0.0969 e. The Hall–Kier alpha value is -1.72. The molecule has 1 saturated heterocycles. The molecular formula is C16H22N4O. The van der Waals surface area contributed by atoms with Gasteiger partial charge in [0.1, 0.15) is 0 Å². The van der Waals surface area contributed by atoms with E-state index in [1.54, 1.807) is 12.4 Å². The number of nitrogens with zero attached hydrogens (tertiary/aromatic N) is 3. The molecule has 112 valence electrons. The highest BCUT2D eigenvalue weighted by molar-refractivity contribution is 5.61. The standard InChI is InChI=1S/C16H22N4O/c1-20-11-15(10-18-9-13-3-2-8-21-12-13)16(19-20)14-4-6-17-7-5-14/h4-7,11,13,18H,2-3,8-10,12H2,1H3/t13-/m1/s1. The number of aromatic nitrogens is 3. The predicted molar refractivity (Wildman–Crippen MR) is 81.7 cm³/mol. The van der Waals surface area contributed by atoms with E-state index in [9.17, 15) is 0 Å². The van der Waals surface area contributed by atoms with Crippen molar-refractivity contribution in [2.75, 3.05) is 19.8 Å². The first-order chi connectivity index (χ1) is 10.3. The summed E-state index contributed by atoms with van der Waals surface area (Å²) in [5, 5.41) is 8.12. The van der Waals surface area contributed by atoms with Crippen molar-refractivity contribution >= 4 is 0 Å². The lowest BCUT2D eigenvalue weighted by Crippen LogP contribution is -2.28. The molecule has 2 aromatic heterocycles. The second-order valence-electron chi connectivity index (χ2n) is 5.63. The van der Waals surface area contributed by atoms with Gasteiger partial charge in [0, 0.05) is 56.5 Å². The van der Waals surface area contributed by atoms with E-state index >= 15 is 0 Å². The van der Waals surface area contributed by atoms with Crippen LogP contribution in [0.4, 0.5) is 0 Å². The fourth-order valence-corrected chi connectivity index (χ4v) is 2.80. The number of ether oxygens (including phenoxy) is 1. The average Bonchev–Trinajstić information content (AvgIpc) is 2.90. The summed E-state index contributed by atoms with van der Waals surface area (Å²) >= 11 is 0. The second kappa shape index (κ2) is 6.83. The summed E-state index contributed by atoms with van der Waals surface area (Å²) in [5.41, 5.74) is 3.37. The molecule has 2 aromatic rings. The van der Waals surface area contributed by atoms with Crippen molar-refractivity contribution in [1.82, 2.24) is 20.1 Å². The van der Waals surface area contributed by atoms with Gasteiger partial charge in [0.2, 0.25) is 0 Å². The van der Waals surface area contributed by atoms with E-state index in [1.165, 1.54) is 18.4 Å². The third-order valence-electron chi connectivity index (χ3n) is 3.86. The summed E-state index contributed by atoms with van der Waals surface area (Å²) in [6, 6.07) is 4.00. The molecule has 3 heterocycles. The molecule has 5 nitrogen and oxygen atoms in total. The lowest BCUT2D eigenvalue weighted by molar-refractivity contribution is 0.0547. The van der Waals surface area contributed by atoms with Gasteiger partial charge >= 0.3 is 0 Å². The number of nitrogens with one attached hydrogen (secondary N) is 1. The molecule has 3 rings (SSSR count). The van der Waals surface area contributed by atoms with Gasteiger partial charge in [-0.25, -0.2) is 0 Å². The normalized spacial score (nSPS) is 18.8. The Kier molecular flexibility index (Phi) is 4.62. The van der Waals surface area contributed by atoms with Gasteiger partial charge in [0.05, 0.1) is 12.3 Å². The minimum atomic E-state index is 0.639. The van der Waals surface area contributed by atoms with Crippen LogP contribution in [-0.2, 0) is 18.3 Å². The molecule has 0 aromatic carbocycles. The van der Waals surface area contributed by atoms with Crippen molar-refractivity contribution in [1.29, 1.82) is 0 Å². The van der Waals surface area contributed by atoms with Gasteiger partial charge in [-0.1, -0.05) is 0 Å². The van der Waals surface area contributed by atoms with E-state index in [2.05, 4.69) is 21.6 Å². The highest BCUT2D eigenvalue weighted by Crippen LogP contribution is 2.21. The largest absolute Gasteiger partial charge is 0.381 e. The predicted octanol–water partition coefficient (Wildman–Crippen LogP) is 2.00. The van der Waals surface area contributed by atoms with E-state index in [4.69, 9.17) is 4.74 Å². The monoisotopic (exact) mass is 286 g/mol. The first-order valence-corrected chi connectivity index (χ1v) is 7.54. The van der Waals surface area contributed by atoms with Crippen LogP contribution in [0.25, 0.3) is 11.3 Å². The summed E-state index contributed by atoms with van der Waals surface area (Å²) in [6.07, 6.45) is 8.14. The van der Waals surface area contributed by atoms with Crippen LogP contribution in [0.2, 0.25) is 0 Å². The minimum Gasteiger partial charge on any atom is -0.381 e. The summed E-state index contributed by atoms with van der Waals surface area (Å²) in [5.74, 6) is 0.639. The van der Waals surface area contributed by atoms with Crippen molar-refractivity contribution in [2.45, 2.75) is 19.4 Å². The Morgan fingerprint density at radius 3 is 3.00 bits per heavy atom. The Labute approximate surface area is 125 Å². The summed E-state index contributed by atoms with van der Waals surface area (Å²) < 4.78 is 7.39. The van der Waals surface area contributed by atoms with Gasteiger partial charge in [0.15, 0.2) is 0 Å².